The van der Waals surface area contributed by atoms with Gasteiger partial charge in [-0.1, -0.05) is 11.8 Å². The molecule has 0 amide bonds. The lowest BCUT2D eigenvalue weighted by Crippen LogP contribution is -1.98. The zero-order valence-electron chi connectivity index (χ0n) is 10.2. The van der Waals surface area contributed by atoms with Crippen LogP contribution in [-0.4, -0.2) is 5.76 Å². The maximum Gasteiger partial charge on any atom is 0.284 e. The van der Waals surface area contributed by atoms with Gasteiger partial charge in [0.2, 0.25) is 0 Å². The summed E-state index contributed by atoms with van der Waals surface area (Å²) < 4.78 is 43.2. The van der Waals surface area contributed by atoms with Gasteiger partial charge in [0.15, 0.2) is 0 Å². The Labute approximate surface area is 126 Å². The Morgan fingerprint density at radius 3 is 2.65 bits per heavy atom. The maximum absolute atomic E-state index is 13.3. The van der Waals surface area contributed by atoms with Crippen LogP contribution in [0.2, 0.25) is 0 Å². The third-order valence-electron chi connectivity index (χ3n) is 2.46. The Bertz CT molecular complexity index is 576. The number of anilines is 1. The number of hydrogen-bond acceptors (Lipinski definition) is 3. The maximum atomic E-state index is 13.3. The number of thioether (sulfide) groups is 1. The third-order valence-corrected chi connectivity index (χ3v) is 3.80. The predicted octanol–water partition coefficient (Wildman–Crippen LogP) is 5.25. The zero-order valence-corrected chi connectivity index (χ0v) is 12.6. The van der Waals surface area contributed by atoms with Crippen molar-refractivity contribution < 1.29 is 17.6 Å². The van der Waals surface area contributed by atoms with Gasteiger partial charge in [0.05, 0.1) is 16.8 Å². The monoisotopic (exact) mass is 365 g/mol. The summed E-state index contributed by atoms with van der Waals surface area (Å²) in [6.07, 6.45) is 0. The summed E-state index contributed by atoms with van der Waals surface area (Å²) in [5, 5.41) is 3.00. The number of rotatable bonds is 6. The molecule has 20 heavy (non-hydrogen) atoms. The Morgan fingerprint density at radius 1 is 1.20 bits per heavy atom. The van der Waals surface area contributed by atoms with Crippen LogP contribution in [-0.2, 0) is 12.3 Å². The molecule has 0 unspecified atom stereocenters. The summed E-state index contributed by atoms with van der Waals surface area (Å²) in [6.45, 7) is 0.362. The van der Waals surface area contributed by atoms with Crippen LogP contribution < -0.4 is 5.32 Å². The van der Waals surface area contributed by atoms with Crippen molar-refractivity contribution in [2.24, 2.45) is 0 Å². The largest absolute Gasteiger partial charge is 0.463 e. The molecule has 0 saturated carbocycles. The molecule has 7 heteroatoms. The average Bonchev–Trinajstić information content (AvgIpc) is 2.86. The van der Waals surface area contributed by atoms with Gasteiger partial charge in [0.25, 0.3) is 5.76 Å². The summed E-state index contributed by atoms with van der Waals surface area (Å²) >= 11 is 3.59. The van der Waals surface area contributed by atoms with E-state index in [1.165, 1.54) is 6.07 Å². The summed E-state index contributed by atoms with van der Waals surface area (Å²) in [5.41, 5.74) is 0.616. The molecule has 1 N–H and O–H groups in total. The van der Waals surface area contributed by atoms with Crippen LogP contribution in [0.4, 0.5) is 18.9 Å². The van der Waals surface area contributed by atoms with Crippen molar-refractivity contribution in [3.05, 3.63) is 52.1 Å². The van der Waals surface area contributed by atoms with Gasteiger partial charge in [-0.25, -0.2) is 4.39 Å². The molecule has 0 radical (unpaired) electrons. The molecule has 1 aromatic heterocycles. The van der Waals surface area contributed by atoms with E-state index >= 15 is 0 Å². The minimum Gasteiger partial charge on any atom is -0.463 e. The van der Waals surface area contributed by atoms with Crippen LogP contribution in [0.15, 0.2) is 39.2 Å². The van der Waals surface area contributed by atoms with Crippen LogP contribution in [0.25, 0.3) is 0 Å². The van der Waals surface area contributed by atoms with E-state index < -0.39 is 5.76 Å². The molecule has 2 nitrogen and oxygen atoms in total. The molecule has 0 spiro atoms. The summed E-state index contributed by atoms with van der Waals surface area (Å²) in [7, 11) is 0. The first-order valence-corrected chi connectivity index (χ1v) is 7.55. The average molecular weight is 366 g/mol. The number of hydrogen-bond donors (Lipinski definition) is 1. The van der Waals surface area contributed by atoms with E-state index in [0.29, 0.717) is 40.0 Å². The Hall–Kier alpha value is -1.08. The lowest BCUT2D eigenvalue weighted by Gasteiger charge is -2.05. The highest BCUT2D eigenvalue weighted by atomic mass is 79.9. The molecule has 1 heterocycles. The smallest absolute Gasteiger partial charge is 0.284 e. The minimum absolute atomic E-state index is 0.130. The van der Waals surface area contributed by atoms with Crippen LogP contribution >= 0.6 is 27.7 Å². The molecule has 0 fully saturated rings. The van der Waals surface area contributed by atoms with Gasteiger partial charge in [0.1, 0.15) is 17.3 Å². The molecular formula is C13H11BrF3NOS. The van der Waals surface area contributed by atoms with E-state index in [1.807, 2.05) is 0 Å². The van der Waals surface area contributed by atoms with Gasteiger partial charge in [-0.2, -0.15) is 8.78 Å². The summed E-state index contributed by atoms with van der Waals surface area (Å²) in [6, 6.07) is 8.06. The molecule has 1 aromatic carbocycles. The van der Waals surface area contributed by atoms with Gasteiger partial charge in [0, 0.05) is 5.69 Å². The fourth-order valence-electron chi connectivity index (χ4n) is 1.54. The van der Waals surface area contributed by atoms with Gasteiger partial charge < -0.3 is 9.73 Å². The van der Waals surface area contributed by atoms with E-state index in [2.05, 4.69) is 21.2 Å². The third kappa shape index (κ3) is 4.49. The fourth-order valence-corrected chi connectivity index (χ4v) is 2.23. The number of halogens is 4. The zero-order chi connectivity index (χ0) is 14.5. The molecule has 2 rings (SSSR count). The molecule has 0 atom stereocenters. The second kappa shape index (κ2) is 7.08. The number of furan rings is 1. The number of alkyl halides is 2. The standard InChI is InChI=1S/C13H11BrF3NOS/c14-11-4-1-8(5-12(11)15)18-6-9-2-3-10(19-9)7-20-13(16)17/h1-5,13,18H,6-7H2. The lowest BCUT2D eigenvalue weighted by molar-refractivity contribution is 0.251. The molecule has 0 aliphatic heterocycles. The second-order valence-corrected chi connectivity index (χ2v) is 5.75. The van der Waals surface area contributed by atoms with E-state index in [1.54, 1.807) is 24.3 Å². The Morgan fingerprint density at radius 2 is 1.95 bits per heavy atom. The first-order valence-electron chi connectivity index (χ1n) is 5.71. The van der Waals surface area contributed by atoms with Crippen molar-refractivity contribution in [3.63, 3.8) is 0 Å². The summed E-state index contributed by atoms with van der Waals surface area (Å²) in [4.78, 5) is 0. The van der Waals surface area contributed by atoms with E-state index in [0.717, 1.165) is 0 Å². The van der Waals surface area contributed by atoms with Crippen LogP contribution in [0, 0.1) is 5.82 Å². The van der Waals surface area contributed by atoms with Crippen molar-refractivity contribution in [1.29, 1.82) is 0 Å². The van der Waals surface area contributed by atoms with Gasteiger partial charge in [-0.15, -0.1) is 0 Å². The second-order valence-electron chi connectivity index (χ2n) is 3.92. The molecule has 2 aromatic rings. The number of nitrogens with one attached hydrogen (secondary N) is 1. The van der Waals surface area contributed by atoms with Crippen molar-refractivity contribution in [3.8, 4) is 0 Å². The van der Waals surface area contributed by atoms with Gasteiger partial charge in [-0.3, -0.25) is 0 Å². The highest BCUT2D eigenvalue weighted by Gasteiger charge is 2.07. The fraction of sp³-hybridized carbons (Fsp3) is 0.231. The van der Waals surface area contributed by atoms with Crippen LogP contribution in [0.3, 0.4) is 0 Å². The van der Waals surface area contributed by atoms with Gasteiger partial charge >= 0.3 is 0 Å². The van der Waals surface area contributed by atoms with Crippen molar-refractivity contribution in [2.45, 2.75) is 18.1 Å². The molecular weight excluding hydrogens is 355 g/mol. The van der Waals surface area contributed by atoms with Crippen molar-refractivity contribution in [2.75, 3.05) is 5.32 Å². The highest BCUT2D eigenvalue weighted by molar-refractivity contribution is 9.10. The molecule has 0 saturated heterocycles. The Balaban J connectivity index is 1.89. The van der Waals surface area contributed by atoms with Crippen molar-refractivity contribution in [1.82, 2.24) is 0 Å². The van der Waals surface area contributed by atoms with Crippen molar-refractivity contribution >= 4 is 33.4 Å². The Kier molecular flexibility index (Phi) is 5.42. The SMILES string of the molecule is Fc1cc(NCc2ccc(CSC(F)F)o2)ccc1Br. The number of benzene rings is 1. The molecule has 0 aliphatic carbocycles. The minimum atomic E-state index is -2.41. The topological polar surface area (TPSA) is 25.2 Å². The van der Waals surface area contributed by atoms with Crippen LogP contribution in [0.5, 0.6) is 0 Å². The van der Waals surface area contributed by atoms with E-state index in [-0.39, 0.29) is 11.6 Å². The van der Waals surface area contributed by atoms with Gasteiger partial charge in [-0.05, 0) is 46.3 Å². The lowest BCUT2D eigenvalue weighted by atomic mass is 10.3. The highest BCUT2D eigenvalue weighted by Crippen LogP contribution is 2.22. The first kappa shape index (κ1) is 15.3. The van der Waals surface area contributed by atoms with E-state index in [4.69, 9.17) is 4.42 Å². The summed E-state index contributed by atoms with van der Waals surface area (Å²) in [5.74, 6) is -1.53. The normalized spacial score (nSPS) is 11.1. The molecule has 108 valence electrons. The van der Waals surface area contributed by atoms with E-state index in [9.17, 15) is 13.2 Å². The first-order chi connectivity index (χ1) is 9.54. The van der Waals surface area contributed by atoms with Crippen LogP contribution in [0.1, 0.15) is 11.5 Å². The molecule has 0 bridgehead atoms. The quantitative estimate of drug-likeness (QED) is 0.756. The molecule has 0 aliphatic rings. The predicted molar refractivity (Wildman–Crippen MR) is 77.4 cm³/mol.